The van der Waals surface area contributed by atoms with Gasteiger partial charge in [0.05, 0.1) is 0 Å². The van der Waals surface area contributed by atoms with E-state index in [1.807, 2.05) is 36.4 Å². The lowest BCUT2D eigenvalue weighted by Crippen LogP contribution is -2.37. The first-order valence-corrected chi connectivity index (χ1v) is 11.1. The Kier molecular flexibility index (Phi) is 7.67. The van der Waals surface area contributed by atoms with Gasteiger partial charge in [0.1, 0.15) is 17.2 Å². The quantitative estimate of drug-likeness (QED) is 0.337. The zero-order valence-corrected chi connectivity index (χ0v) is 19.5. The minimum atomic E-state index is -0.903. The normalized spacial score (nSPS) is 11.1. The van der Waals surface area contributed by atoms with Crippen LogP contribution in [0, 0.1) is 0 Å². The van der Waals surface area contributed by atoms with Crippen molar-refractivity contribution in [3.63, 3.8) is 0 Å². The van der Waals surface area contributed by atoms with E-state index in [0.717, 1.165) is 0 Å². The van der Waals surface area contributed by atoms with Gasteiger partial charge in [-0.3, -0.25) is 0 Å². The van der Waals surface area contributed by atoms with E-state index in [1.165, 1.54) is 16.7 Å². The van der Waals surface area contributed by atoms with Crippen LogP contribution in [0.5, 0.6) is 17.2 Å². The zero-order valence-electron chi connectivity index (χ0n) is 19.5. The second kappa shape index (κ2) is 10.4. The number of hydrogen-bond acceptors (Lipinski definition) is 3. The molecule has 0 unspecified atom stereocenters. The van der Waals surface area contributed by atoms with E-state index in [2.05, 4.69) is 77.9 Å². The fourth-order valence-corrected chi connectivity index (χ4v) is 3.20. The number of rotatable bonds is 9. The standard InChI is InChI=1S/C27H33BO3/c1-19(2)22-7-13-25(14-8-22)29-28(30-26-15-9-23(10-16-26)20(3)4)31-27-17-11-24(12-18-27)21(5)6/h7-21H,1-6H3. The van der Waals surface area contributed by atoms with Gasteiger partial charge in [-0.05, 0) is 70.8 Å². The molecule has 162 valence electrons. The molecule has 3 aromatic rings. The Bertz CT molecular complexity index is 803. The van der Waals surface area contributed by atoms with Crippen LogP contribution in [0.3, 0.4) is 0 Å². The molecule has 0 heterocycles. The molecular weight excluding hydrogens is 383 g/mol. The van der Waals surface area contributed by atoms with Gasteiger partial charge in [-0.2, -0.15) is 0 Å². The van der Waals surface area contributed by atoms with Crippen molar-refractivity contribution in [2.45, 2.75) is 59.3 Å². The average molecular weight is 416 g/mol. The lowest BCUT2D eigenvalue weighted by Gasteiger charge is -2.18. The van der Waals surface area contributed by atoms with Crippen LogP contribution in [-0.4, -0.2) is 7.32 Å². The van der Waals surface area contributed by atoms with E-state index in [9.17, 15) is 0 Å². The van der Waals surface area contributed by atoms with Crippen LogP contribution < -0.4 is 14.0 Å². The highest BCUT2D eigenvalue weighted by Gasteiger charge is 2.30. The van der Waals surface area contributed by atoms with Crippen LogP contribution in [0.25, 0.3) is 0 Å². The Morgan fingerprint density at radius 1 is 0.419 bits per heavy atom. The Morgan fingerprint density at radius 2 is 0.645 bits per heavy atom. The summed E-state index contributed by atoms with van der Waals surface area (Å²) in [5, 5.41) is 0. The third kappa shape index (κ3) is 6.55. The van der Waals surface area contributed by atoms with Crippen LogP contribution in [0.1, 0.15) is 76.0 Å². The van der Waals surface area contributed by atoms with Gasteiger partial charge < -0.3 is 14.0 Å². The largest absolute Gasteiger partial charge is 0.864 e. The monoisotopic (exact) mass is 416 g/mol. The van der Waals surface area contributed by atoms with Crippen molar-refractivity contribution in [1.82, 2.24) is 0 Å². The van der Waals surface area contributed by atoms with Gasteiger partial charge in [0.25, 0.3) is 0 Å². The molecule has 0 bridgehead atoms. The minimum absolute atomic E-state index is 0.469. The second-order valence-corrected chi connectivity index (χ2v) is 8.81. The van der Waals surface area contributed by atoms with Crippen LogP contribution in [0.2, 0.25) is 0 Å². The van der Waals surface area contributed by atoms with E-state index in [0.29, 0.717) is 35.0 Å². The van der Waals surface area contributed by atoms with E-state index >= 15 is 0 Å². The molecule has 4 heteroatoms. The van der Waals surface area contributed by atoms with Crippen molar-refractivity contribution in [2.75, 3.05) is 0 Å². The highest BCUT2D eigenvalue weighted by atomic mass is 16.7. The molecule has 0 spiro atoms. The van der Waals surface area contributed by atoms with Crippen molar-refractivity contribution in [1.29, 1.82) is 0 Å². The molecule has 0 N–H and O–H groups in total. The summed E-state index contributed by atoms with van der Waals surface area (Å²) >= 11 is 0. The zero-order chi connectivity index (χ0) is 22.4. The Labute approximate surface area is 187 Å². The van der Waals surface area contributed by atoms with Crippen LogP contribution in [0.4, 0.5) is 0 Å². The van der Waals surface area contributed by atoms with Crippen molar-refractivity contribution in [3.8, 4) is 17.2 Å². The fourth-order valence-electron chi connectivity index (χ4n) is 3.20. The van der Waals surface area contributed by atoms with Gasteiger partial charge in [0.15, 0.2) is 0 Å². The smallest absolute Gasteiger partial charge is 0.490 e. The first kappa shape index (κ1) is 22.8. The molecule has 3 aromatic carbocycles. The molecule has 0 amide bonds. The SMILES string of the molecule is CC(C)c1ccc(OB(Oc2ccc(C(C)C)cc2)Oc2ccc(C(C)C)cc2)cc1. The Balaban J connectivity index is 1.78. The molecule has 0 saturated heterocycles. The predicted octanol–water partition coefficient (Wildman–Crippen LogP) is 7.58. The second-order valence-electron chi connectivity index (χ2n) is 8.81. The summed E-state index contributed by atoms with van der Waals surface area (Å²) in [5.41, 5.74) is 3.79. The topological polar surface area (TPSA) is 27.7 Å². The first-order valence-electron chi connectivity index (χ1n) is 11.1. The van der Waals surface area contributed by atoms with E-state index < -0.39 is 7.32 Å². The Morgan fingerprint density at radius 3 is 0.839 bits per heavy atom. The van der Waals surface area contributed by atoms with Gasteiger partial charge in [0, 0.05) is 0 Å². The van der Waals surface area contributed by atoms with E-state index in [-0.39, 0.29) is 0 Å². The minimum Gasteiger partial charge on any atom is -0.490 e. The highest BCUT2D eigenvalue weighted by molar-refractivity contribution is 6.39. The molecular formula is C27H33BO3. The summed E-state index contributed by atoms with van der Waals surface area (Å²) in [4.78, 5) is 0. The van der Waals surface area contributed by atoms with Gasteiger partial charge in [-0.15, -0.1) is 0 Å². The Hall–Kier alpha value is -2.88. The number of hydrogen-bond donors (Lipinski definition) is 0. The fraction of sp³-hybridized carbons (Fsp3) is 0.333. The number of benzene rings is 3. The van der Waals surface area contributed by atoms with Crippen LogP contribution >= 0.6 is 0 Å². The maximum absolute atomic E-state index is 6.07. The molecule has 0 aliphatic rings. The maximum Gasteiger partial charge on any atom is 0.864 e. The predicted molar refractivity (Wildman–Crippen MR) is 129 cm³/mol. The van der Waals surface area contributed by atoms with Gasteiger partial charge in [-0.1, -0.05) is 77.9 Å². The first-order chi connectivity index (χ1) is 14.8. The lowest BCUT2D eigenvalue weighted by molar-refractivity contribution is 0.307. The molecule has 0 saturated carbocycles. The summed E-state index contributed by atoms with van der Waals surface area (Å²) in [6.45, 7) is 13.0. The van der Waals surface area contributed by atoms with Gasteiger partial charge in [-0.25, -0.2) is 0 Å². The van der Waals surface area contributed by atoms with Crippen LogP contribution in [-0.2, 0) is 0 Å². The lowest BCUT2D eigenvalue weighted by atomic mass is 10.0. The summed E-state index contributed by atoms with van der Waals surface area (Å²) in [6, 6.07) is 24.2. The molecule has 0 aliphatic carbocycles. The highest BCUT2D eigenvalue weighted by Crippen LogP contribution is 2.24. The van der Waals surface area contributed by atoms with Crippen molar-refractivity contribution >= 4 is 7.32 Å². The average Bonchev–Trinajstić information content (AvgIpc) is 2.75. The van der Waals surface area contributed by atoms with Crippen LogP contribution in [0.15, 0.2) is 72.8 Å². The van der Waals surface area contributed by atoms with Crippen molar-refractivity contribution in [2.24, 2.45) is 0 Å². The summed E-state index contributed by atoms with van der Waals surface area (Å²) < 4.78 is 18.2. The maximum atomic E-state index is 6.07. The molecule has 3 rings (SSSR count). The summed E-state index contributed by atoms with van der Waals surface area (Å²) in [5.74, 6) is 3.51. The van der Waals surface area contributed by atoms with Gasteiger partial charge >= 0.3 is 7.32 Å². The molecule has 0 radical (unpaired) electrons. The van der Waals surface area contributed by atoms with E-state index in [1.54, 1.807) is 0 Å². The summed E-state index contributed by atoms with van der Waals surface area (Å²) in [6.07, 6.45) is 0. The molecule has 0 atom stereocenters. The third-order valence-electron chi connectivity index (χ3n) is 5.34. The molecule has 31 heavy (non-hydrogen) atoms. The van der Waals surface area contributed by atoms with Gasteiger partial charge in [0.2, 0.25) is 0 Å². The van der Waals surface area contributed by atoms with Crippen molar-refractivity contribution < 1.29 is 14.0 Å². The summed E-state index contributed by atoms with van der Waals surface area (Å²) in [7, 11) is -0.903. The molecule has 0 fully saturated rings. The third-order valence-corrected chi connectivity index (χ3v) is 5.34. The van der Waals surface area contributed by atoms with Crippen molar-refractivity contribution in [3.05, 3.63) is 89.5 Å². The molecule has 3 nitrogen and oxygen atoms in total. The molecule has 0 aromatic heterocycles. The molecule has 0 aliphatic heterocycles. The van der Waals surface area contributed by atoms with E-state index in [4.69, 9.17) is 14.0 Å².